The maximum Gasteiger partial charge on any atom is 0.416 e. The quantitative estimate of drug-likeness (QED) is 0.831. The number of halogens is 5. The van der Waals surface area contributed by atoms with Crippen molar-refractivity contribution in [3.8, 4) is 0 Å². The van der Waals surface area contributed by atoms with Crippen molar-refractivity contribution in [2.45, 2.75) is 24.9 Å². The highest BCUT2D eigenvalue weighted by Gasteiger charge is 2.63. The van der Waals surface area contributed by atoms with Gasteiger partial charge >= 0.3 is 6.18 Å². The van der Waals surface area contributed by atoms with E-state index in [1.165, 1.54) is 6.07 Å². The summed E-state index contributed by atoms with van der Waals surface area (Å²) in [5.41, 5.74) is 1.53. The van der Waals surface area contributed by atoms with Crippen molar-refractivity contribution in [3.05, 3.63) is 35.4 Å². The van der Waals surface area contributed by atoms with Crippen molar-refractivity contribution >= 4 is 0 Å². The van der Waals surface area contributed by atoms with Crippen LogP contribution in [-0.2, 0) is 12.1 Å². The molecule has 0 unspecified atom stereocenters. The fraction of sp³-hybridized carbons (Fsp3) is 0.500. The largest absolute Gasteiger partial charge is 0.416 e. The van der Waals surface area contributed by atoms with Gasteiger partial charge in [0.15, 0.2) is 0 Å². The normalized spacial score (nSPS) is 18.8. The highest BCUT2D eigenvalue weighted by atomic mass is 19.4. The van der Waals surface area contributed by atoms with E-state index in [4.69, 9.17) is 5.73 Å². The van der Waals surface area contributed by atoms with Crippen LogP contribution in [0.4, 0.5) is 22.0 Å². The smallest absolute Gasteiger partial charge is 0.330 e. The zero-order chi connectivity index (χ0) is 13.6. The van der Waals surface area contributed by atoms with E-state index < -0.39 is 28.6 Å². The minimum absolute atomic E-state index is 0.155. The van der Waals surface area contributed by atoms with Crippen LogP contribution in [-0.4, -0.2) is 6.54 Å². The van der Waals surface area contributed by atoms with Gasteiger partial charge in [0.2, 0.25) is 0 Å². The lowest BCUT2D eigenvalue weighted by molar-refractivity contribution is -0.146. The molecule has 1 saturated carbocycles. The SMILES string of the molecule is NCC1(C(F)(F)c2ccccc2C(F)(F)F)CC1. The van der Waals surface area contributed by atoms with Gasteiger partial charge in [-0.3, -0.25) is 0 Å². The summed E-state index contributed by atoms with van der Waals surface area (Å²) < 4.78 is 66.6. The molecule has 0 aromatic heterocycles. The Labute approximate surface area is 101 Å². The summed E-state index contributed by atoms with van der Waals surface area (Å²) in [4.78, 5) is 0. The van der Waals surface area contributed by atoms with E-state index in [1.54, 1.807) is 0 Å². The van der Waals surface area contributed by atoms with E-state index in [1.807, 2.05) is 0 Å². The highest BCUT2D eigenvalue weighted by molar-refractivity contribution is 5.36. The molecule has 1 aliphatic carbocycles. The molecular formula is C12H12F5N. The van der Waals surface area contributed by atoms with Crippen LogP contribution in [0.2, 0.25) is 0 Å². The molecule has 1 fully saturated rings. The van der Waals surface area contributed by atoms with Crippen molar-refractivity contribution in [2.75, 3.05) is 6.54 Å². The third-order valence-corrected chi connectivity index (χ3v) is 3.48. The van der Waals surface area contributed by atoms with Gasteiger partial charge in [-0.1, -0.05) is 18.2 Å². The van der Waals surface area contributed by atoms with Crippen molar-refractivity contribution < 1.29 is 22.0 Å². The predicted molar refractivity (Wildman–Crippen MR) is 56.1 cm³/mol. The fourth-order valence-corrected chi connectivity index (χ4v) is 2.09. The van der Waals surface area contributed by atoms with Gasteiger partial charge in [0.1, 0.15) is 0 Å². The highest BCUT2D eigenvalue weighted by Crippen LogP contribution is 2.61. The Kier molecular flexibility index (Phi) is 2.88. The molecule has 0 amide bonds. The maximum absolute atomic E-state index is 14.2. The van der Waals surface area contributed by atoms with E-state index in [2.05, 4.69) is 0 Å². The molecule has 0 radical (unpaired) electrons. The molecule has 0 saturated heterocycles. The molecule has 1 aromatic rings. The third-order valence-electron chi connectivity index (χ3n) is 3.48. The number of hydrogen-bond acceptors (Lipinski definition) is 1. The van der Waals surface area contributed by atoms with E-state index >= 15 is 0 Å². The van der Waals surface area contributed by atoms with Gasteiger partial charge in [-0.25, -0.2) is 8.78 Å². The van der Waals surface area contributed by atoms with Gasteiger partial charge in [0.05, 0.1) is 11.0 Å². The second-order valence-electron chi connectivity index (χ2n) is 4.60. The molecule has 0 atom stereocenters. The maximum atomic E-state index is 14.2. The zero-order valence-corrected chi connectivity index (χ0v) is 9.40. The minimum Gasteiger partial charge on any atom is -0.330 e. The first kappa shape index (κ1) is 13.3. The summed E-state index contributed by atoms with van der Waals surface area (Å²) in [6, 6.07) is 3.80. The predicted octanol–water partition coefficient (Wildman–Crippen LogP) is 3.54. The first-order valence-corrected chi connectivity index (χ1v) is 5.49. The van der Waals surface area contributed by atoms with Crippen LogP contribution in [0.25, 0.3) is 0 Å². The third kappa shape index (κ3) is 1.88. The Hall–Kier alpha value is -1.17. The second kappa shape index (κ2) is 3.91. The molecule has 100 valence electrons. The van der Waals surface area contributed by atoms with Crippen LogP contribution in [0.15, 0.2) is 24.3 Å². The summed E-state index contributed by atoms with van der Waals surface area (Å²) >= 11 is 0. The number of nitrogens with two attached hydrogens (primary N) is 1. The molecule has 18 heavy (non-hydrogen) atoms. The van der Waals surface area contributed by atoms with Gasteiger partial charge in [-0.15, -0.1) is 0 Å². The lowest BCUT2D eigenvalue weighted by atomic mass is 9.88. The van der Waals surface area contributed by atoms with Crippen LogP contribution in [0.1, 0.15) is 24.0 Å². The Morgan fingerprint density at radius 2 is 1.50 bits per heavy atom. The summed E-state index contributed by atoms with van der Waals surface area (Å²) in [7, 11) is 0. The van der Waals surface area contributed by atoms with Gasteiger partial charge in [0, 0.05) is 12.1 Å². The summed E-state index contributed by atoms with van der Waals surface area (Å²) in [6.45, 7) is -0.313. The van der Waals surface area contributed by atoms with Gasteiger partial charge in [-0.05, 0) is 18.9 Å². The van der Waals surface area contributed by atoms with E-state index in [0.717, 1.165) is 12.1 Å². The lowest BCUT2D eigenvalue weighted by Crippen LogP contribution is -2.35. The average Bonchev–Trinajstić information content (AvgIpc) is 3.09. The van der Waals surface area contributed by atoms with Crippen LogP contribution in [0, 0.1) is 5.41 Å². The molecule has 0 aliphatic heterocycles. The van der Waals surface area contributed by atoms with Crippen molar-refractivity contribution in [2.24, 2.45) is 11.1 Å². The summed E-state index contributed by atoms with van der Waals surface area (Å²) in [5, 5.41) is 0. The number of alkyl halides is 5. The number of rotatable bonds is 3. The molecule has 2 rings (SSSR count). The Morgan fingerprint density at radius 1 is 1.00 bits per heavy atom. The number of benzene rings is 1. The molecule has 1 aliphatic rings. The lowest BCUT2D eigenvalue weighted by Gasteiger charge is -2.28. The van der Waals surface area contributed by atoms with Crippen LogP contribution < -0.4 is 5.73 Å². The molecule has 2 N–H and O–H groups in total. The molecule has 0 heterocycles. The molecule has 6 heteroatoms. The van der Waals surface area contributed by atoms with E-state index in [-0.39, 0.29) is 19.4 Å². The van der Waals surface area contributed by atoms with Gasteiger partial charge in [-0.2, -0.15) is 13.2 Å². The van der Waals surface area contributed by atoms with Crippen molar-refractivity contribution in [1.29, 1.82) is 0 Å². The average molecular weight is 265 g/mol. The number of hydrogen-bond donors (Lipinski definition) is 1. The summed E-state index contributed by atoms with van der Waals surface area (Å²) in [5.74, 6) is -3.55. The van der Waals surface area contributed by atoms with E-state index in [9.17, 15) is 22.0 Å². The van der Waals surface area contributed by atoms with Crippen LogP contribution >= 0.6 is 0 Å². The zero-order valence-electron chi connectivity index (χ0n) is 9.40. The molecule has 1 nitrogen and oxygen atoms in total. The Balaban J connectivity index is 2.52. The summed E-state index contributed by atoms with van der Waals surface area (Å²) in [6.07, 6.45) is -4.48. The Bertz CT molecular complexity index is 448. The second-order valence-corrected chi connectivity index (χ2v) is 4.60. The van der Waals surface area contributed by atoms with Gasteiger partial charge < -0.3 is 5.73 Å². The molecule has 0 spiro atoms. The fourth-order valence-electron chi connectivity index (χ4n) is 2.09. The monoisotopic (exact) mass is 265 g/mol. The van der Waals surface area contributed by atoms with Crippen molar-refractivity contribution in [3.63, 3.8) is 0 Å². The molecular weight excluding hydrogens is 253 g/mol. The van der Waals surface area contributed by atoms with Crippen molar-refractivity contribution in [1.82, 2.24) is 0 Å². The first-order chi connectivity index (χ1) is 8.24. The van der Waals surface area contributed by atoms with Crippen LogP contribution in [0.3, 0.4) is 0 Å². The van der Waals surface area contributed by atoms with Gasteiger partial charge in [0.25, 0.3) is 5.92 Å². The Morgan fingerprint density at radius 3 is 1.89 bits per heavy atom. The van der Waals surface area contributed by atoms with Crippen LogP contribution in [0.5, 0.6) is 0 Å². The molecule has 0 bridgehead atoms. The van der Waals surface area contributed by atoms with E-state index in [0.29, 0.717) is 6.07 Å². The molecule has 1 aromatic carbocycles. The first-order valence-electron chi connectivity index (χ1n) is 5.49. The minimum atomic E-state index is -4.79. The standard InChI is InChI=1S/C12H12F5N/c13-11(14,10(7-18)5-6-10)8-3-1-2-4-9(8)12(15,16)17/h1-4H,5-7,18H2. The topological polar surface area (TPSA) is 26.0 Å².